The molecule has 0 saturated heterocycles. The van der Waals surface area contributed by atoms with Crippen LogP contribution in [0, 0.1) is 13.8 Å². The third-order valence-electron chi connectivity index (χ3n) is 4.94. The predicted molar refractivity (Wildman–Crippen MR) is 129 cm³/mol. The van der Waals surface area contributed by atoms with Gasteiger partial charge in [-0.05, 0) is 56.2 Å². The molecule has 1 amide bonds. The summed E-state index contributed by atoms with van der Waals surface area (Å²) < 4.78 is 28.0. The van der Waals surface area contributed by atoms with Gasteiger partial charge in [0, 0.05) is 5.02 Å². The normalized spacial score (nSPS) is 11.8. The molecule has 0 saturated carbocycles. The Morgan fingerprint density at radius 1 is 0.969 bits per heavy atom. The minimum absolute atomic E-state index is 0.0826. The van der Waals surface area contributed by atoms with Gasteiger partial charge in [0.1, 0.15) is 6.54 Å². The molecule has 0 aliphatic rings. The molecule has 0 aliphatic heterocycles. The first kappa shape index (κ1) is 23.5. The zero-order valence-corrected chi connectivity index (χ0v) is 19.6. The molecule has 0 heterocycles. The van der Waals surface area contributed by atoms with E-state index in [2.05, 4.69) is 10.5 Å². The van der Waals surface area contributed by atoms with Crippen molar-refractivity contribution in [3.63, 3.8) is 0 Å². The Kier molecular flexibility index (Phi) is 7.33. The first-order valence-corrected chi connectivity index (χ1v) is 11.7. The summed E-state index contributed by atoms with van der Waals surface area (Å²) >= 11 is 6.24. The number of rotatable bonds is 7. The van der Waals surface area contributed by atoms with Crippen molar-refractivity contribution in [2.45, 2.75) is 25.7 Å². The van der Waals surface area contributed by atoms with Crippen molar-refractivity contribution in [2.24, 2.45) is 5.10 Å². The maximum absolute atomic E-state index is 13.5. The van der Waals surface area contributed by atoms with Gasteiger partial charge in [-0.2, -0.15) is 5.10 Å². The van der Waals surface area contributed by atoms with Crippen molar-refractivity contribution in [1.29, 1.82) is 0 Å². The van der Waals surface area contributed by atoms with Gasteiger partial charge in [-0.1, -0.05) is 65.7 Å². The summed E-state index contributed by atoms with van der Waals surface area (Å²) in [6.45, 7) is 4.89. The zero-order chi connectivity index (χ0) is 23.3. The van der Waals surface area contributed by atoms with Gasteiger partial charge in [0.15, 0.2) is 0 Å². The smallest absolute Gasteiger partial charge is 0.264 e. The molecule has 0 bridgehead atoms. The maximum Gasteiger partial charge on any atom is 0.264 e. The summed E-state index contributed by atoms with van der Waals surface area (Å²) in [5, 5.41) is 4.52. The topological polar surface area (TPSA) is 78.8 Å². The molecule has 6 nitrogen and oxygen atoms in total. The Bertz CT molecular complexity index is 1240. The Hall–Kier alpha value is -3.16. The van der Waals surface area contributed by atoms with E-state index in [1.54, 1.807) is 44.2 Å². The number of anilines is 1. The number of nitrogens with one attached hydrogen (secondary N) is 1. The third kappa shape index (κ3) is 5.36. The summed E-state index contributed by atoms with van der Waals surface area (Å²) in [5.74, 6) is -0.574. The van der Waals surface area contributed by atoms with E-state index in [0.717, 1.165) is 15.4 Å². The van der Waals surface area contributed by atoms with Crippen LogP contribution in [0.5, 0.6) is 0 Å². The number of hydrogen-bond donors (Lipinski definition) is 1. The van der Waals surface area contributed by atoms with E-state index in [0.29, 0.717) is 22.0 Å². The van der Waals surface area contributed by atoms with E-state index in [4.69, 9.17) is 11.6 Å². The van der Waals surface area contributed by atoms with Gasteiger partial charge in [-0.3, -0.25) is 9.10 Å². The predicted octanol–water partition coefficient (Wildman–Crippen LogP) is 4.69. The van der Waals surface area contributed by atoms with Gasteiger partial charge in [0.2, 0.25) is 0 Å². The van der Waals surface area contributed by atoms with E-state index < -0.39 is 22.5 Å². The lowest BCUT2D eigenvalue weighted by Gasteiger charge is -2.25. The molecule has 3 rings (SSSR count). The third-order valence-corrected chi connectivity index (χ3v) is 7.13. The minimum Gasteiger partial charge on any atom is -0.271 e. The summed E-state index contributed by atoms with van der Waals surface area (Å²) in [5.41, 5.74) is 5.73. The molecule has 1 N–H and O–H groups in total. The number of halogens is 1. The van der Waals surface area contributed by atoms with Crippen molar-refractivity contribution in [2.75, 3.05) is 10.8 Å². The fourth-order valence-electron chi connectivity index (χ4n) is 3.06. The maximum atomic E-state index is 13.5. The average Bonchev–Trinajstić information content (AvgIpc) is 2.78. The molecule has 0 radical (unpaired) electrons. The van der Waals surface area contributed by atoms with Gasteiger partial charge in [-0.25, -0.2) is 13.8 Å². The van der Waals surface area contributed by atoms with Crippen LogP contribution in [-0.2, 0) is 14.8 Å². The van der Waals surface area contributed by atoms with Crippen LogP contribution >= 0.6 is 11.6 Å². The van der Waals surface area contributed by atoms with E-state index in [-0.39, 0.29) is 4.90 Å². The van der Waals surface area contributed by atoms with E-state index in [1.807, 2.05) is 37.3 Å². The van der Waals surface area contributed by atoms with E-state index in [9.17, 15) is 13.2 Å². The molecule has 0 aromatic heterocycles. The number of hydrogen-bond acceptors (Lipinski definition) is 4. The van der Waals surface area contributed by atoms with Crippen molar-refractivity contribution in [3.05, 3.63) is 94.5 Å². The highest BCUT2D eigenvalue weighted by molar-refractivity contribution is 7.92. The molecule has 3 aromatic carbocycles. The Labute approximate surface area is 193 Å². The average molecular weight is 470 g/mol. The number of carbonyl (C=O) groups is 1. The van der Waals surface area contributed by atoms with Crippen LogP contribution in [0.4, 0.5) is 5.69 Å². The second-order valence-electron chi connectivity index (χ2n) is 7.31. The molecule has 32 heavy (non-hydrogen) atoms. The number of nitrogens with zero attached hydrogens (tertiary/aromatic N) is 2. The highest BCUT2D eigenvalue weighted by atomic mass is 35.5. The van der Waals surface area contributed by atoms with Crippen LogP contribution in [0.3, 0.4) is 0 Å². The second kappa shape index (κ2) is 9.97. The van der Waals surface area contributed by atoms with Crippen molar-refractivity contribution < 1.29 is 13.2 Å². The fourth-order valence-corrected chi connectivity index (χ4v) is 4.71. The molecule has 166 valence electrons. The van der Waals surface area contributed by atoms with Crippen LogP contribution in [0.15, 0.2) is 82.8 Å². The number of benzene rings is 3. The monoisotopic (exact) mass is 469 g/mol. The molecule has 0 aliphatic carbocycles. The lowest BCUT2D eigenvalue weighted by atomic mass is 10.1. The summed E-state index contributed by atoms with van der Waals surface area (Å²) in [7, 11) is -4.03. The van der Waals surface area contributed by atoms with E-state index in [1.165, 1.54) is 12.1 Å². The molecular weight excluding hydrogens is 446 g/mol. The quantitative estimate of drug-likeness (QED) is 0.402. The Morgan fingerprint density at radius 3 is 2.28 bits per heavy atom. The van der Waals surface area contributed by atoms with Crippen LogP contribution < -0.4 is 9.73 Å². The number of sulfonamides is 1. The molecule has 0 atom stereocenters. The second-order valence-corrected chi connectivity index (χ2v) is 9.58. The molecule has 0 unspecified atom stereocenters. The highest BCUT2D eigenvalue weighted by Gasteiger charge is 2.28. The highest BCUT2D eigenvalue weighted by Crippen LogP contribution is 2.30. The van der Waals surface area contributed by atoms with Gasteiger partial charge < -0.3 is 0 Å². The Balaban J connectivity index is 1.93. The lowest BCUT2D eigenvalue weighted by Crippen LogP contribution is -2.40. The minimum atomic E-state index is -4.03. The molecule has 8 heteroatoms. The van der Waals surface area contributed by atoms with Crippen molar-refractivity contribution in [1.82, 2.24) is 5.43 Å². The number of carbonyl (C=O) groups excluding carboxylic acids is 1. The lowest BCUT2D eigenvalue weighted by molar-refractivity contribution is -0.119. The Morgan fingerprint density at radius 2 is 1.62 bits per heavy atom. The summed E-state index contributed by atoms with van der Waals surface area (Å²) in [6.07, 6.45) is 0. The van der Waals surface area contributed by atoms with E-state index >= 15 is 0 Å². The van der Waals surface area contributed by atoms with Crippen molar-refractivity contribution >= 4 is 38.9 Å². The molecule has 0 fully saturated rings. The van der Waals surface area contributed by atoms with Gasteiger partial charge in [-0.15, -0.1) is 0 Å². The first-order valence-electron chi connectivity index (χ1n) is 9.93. The summed E-state index contributed by atoms with van der Waals surface area (Å²) in [6, 6.07) is 20.8. The van der Waals surface area contributed by atoms with Crippen LogP contribution in [0.25, 0.3) is 0 Å². The zero-order valence-electron chi connectivity index (χ0n) is 18.0. The fraction of sp³-hybridized carbons (Fsp3) is 0.167. The molecule has 3 aromatic rings. The molecule has 0 spiro atoms. The standard InChI is InChI=1S/C24H24ClN3O3S/c1-17-12-14-21(15-13-17)32(30,31)28(23-11-7-10-22(25)18(23)2)16-24(29)27-26-19(3)20-8-5-4-6-9-20/h4-15H,16H2,1-3H3,(H,27,29)/b26-19-. The number of hydrazone groups is 1. The van der Waals surface area contributed by atoms with Gasteiger partial charge in [0.05, 0.1) is 16.3 Å². The van der Waals surface area contributed by atoms with Gasteiger partial charge >= 0.3 is 0 Å². The van der Waals surface area contributed by atoms with Crippen LogP contribution in [0.2, 0.25) is 5.02 Å². The van der Waals surface area contributed by atoms with Crippen LogP contribution in [0.1, 0.15) is 23.6 Å². The van der Waals surface area contributed by atoms with Crippen molar-refractivity contribution in [3.8, 4) is 0 Å². The number of aryl methyl sites for hydroxylation is 1. The SMILES string of the molecule is C/C(=N/NC(=O)CN(c1cccc(Cl)c1C)S(=O)(=O)c1ccc(C)cc1)c1ccccc1. The van der Waals surface area contributed by atoms with Gasteiger partial charge in [0.25, 0.3) is 15.9 Å². The first-order chi connectivity index (χ1) is 15.2. The number of amides is 1. The summed E-state index contributed by atoms with van der Waals surface area (Å²) in [4.78, 5) is 12.8. The largest absolute Gasteiger partial charge is 0.271 e. The van der Waals surface area contributed by atoms with Crippen LogP contribution in [-0.4, -0.2) is 26.6 Å². The molecular formula is C24H24ClN3O3S.